The number of rotatable bonds is 0. The SMILES string of the molecule is CC1=C2C(=O)OC[C@H](C)C2CC1. The summed E-state index contributed by atoms with van der Waals surface area (Å²) < 4.78 is 5.08. The predicted octanol–water partition coefficient (Wildman–Crippen LogP) is 1.91. The highest BCUT2D eigenvalue weighted by Crippen LogP contribution is 2.40. The van der Waals surface area contributed by atoms with Crippen molar-refractivity contribution in [3.8, 4) is 0 Å². The van der Waals surface area contributed by atoms with Crippen LogP contribution in [0.2, 0.25) is 0 Å². The minimum Gasteiger partial charge on any atom is -0.462 e. The molecule has 1 fully saturated rings. The third-order valence-electron chi connectivity index (χ3n) is 3.05. The van der Waals surface area contributed by atoms with Gasteiger partial charge in [-0.1, -0.05) is 12.5 Å². The van der Waals surface area contributed by atoms with Gasteiger partial charge in [0.05, 0.1) is 6.61 Å². The molecule has 1 aliphatic heterocycles. The van der Waals surface area contributed by atoms with Crippen LogP contribution in [0, 0.1) is 11.8 Å². The van der Waals surface area contributed by atoms with E-state index in [1.807, 2.05) is 0 Å². The van der Waals surface area contributed by atoms with Crippen LogP contribution in [0.4, 0.5) is 0 Å². The van der Waals surface area contributed by atoms with Gasteiger partial charge in [-0.3, -0.25) is 0 Å². The number of carbonyl (C=O) groups excluding carboxylic acids is 1. The zero-order valence-electron chi connectivity index (χ0n) is 7.59. The molecule has 0 radical (unpaired) electrons. The van der Waals surface area contributed by atoms with E-state index in [9.17, 15) is 4.79 Å². The van der Waals surface area contributed by atoms with Crippen LogP contribution in [0.5, 0.6) is 0 Å². The molecule has 0 N–H and O–H groups in total. The van der Waals surface area contributed by atoms with E-state index in [1.54, 1.807) is 0 Å². The number of allylic oxidation sites excluding steroid dienone is 1. The van der Waals surface area contributed by atoms with Crippen molar-refractivity contribution >= 4 is 5.97 Å². The van der Waals surface area contributed by atoms with Gasteiger partial charge in [0.2, 0.25) is 0 Å². The molecule has 2 atom stereocenters. The van der Waals surface area contributed by atoms with Crippen LogP contribution in [0.1, 0.15) is 26.7 Å². The van der Waals surface area contributed by atoms with Crippen LogP contribution in [-0.2, 0) is 9.53 Å². The van der Waals surface area contributed by atoms with Gasteiger partial charge >= 0.3 is 5.97 Å². The smallest absolute Gasteiger partial charge is 0.334 e. The fourth-order valence-corrected chi connectivity index (χ4v) is 2.26. The summed E-state index contributed by atoms with van der Waals surface area (Å²) in [4.78, 5) is 11.4. The Balaban J connectivity index is 2.33. The van der Waals surface area contributed by atoms with Gasteiger partial charge in [0.1, 0.15) is 0 Å². The largest absolute Gasteiger partial charge is 0.462 e. The maximum Gasteiger partial charge on any atom is 0.334 e. The average Bonchev–Trinajstić information content (AvgIpc) is 2.42. The average molecular weight is 166 g/mol. The third-order valence-corrected chi connectivity index (χ3v) is 3.05. The Bertz CT molecular complexity index is 253. The van der Waals surface area contributed by atoms with Crippen LogP contribution in [0.25, 0.3) is 0 Å². The van der Waals surface area contributed by atoms with Crippen LogP contribution >= 0.6 is 0 Å². The van der Waals surface area contributed by atoms with Crippen molar-refractivity contribution in [2.24, 2.45) is 11.8 Å². The van der Waals surface area contributed by atoms with E-state index in [1.165, 1.54) is 5.57 Å². The first-order chi connectivity index (χ1) is 5.70. The Hall–Kier alpha value is -0.790. The zero-order chi connectivity index (χ0) is 8.72. The Kier molecular flexibility index (Phi) is 1.71. The van der Waals surface area contributed by atoms with Gasteiger partial charge in [-0.15, -0.1) is 0 Å². The van der Waals surface area contributed by atoms with Gasteiger partial charge in [-0.25, -0.2) is 4.79 Å². The first kappa shape index (κ1) is 7.84. The lowest BCUT2D eigenvalue weighted by molar-refractivity contribution is -0.144. The standard InChI is InChI=1S/C10H14O2/c1-6-3-4-8-7(2)5-12-10(11)9(6)8/h7-8H,3-5H2,1-2H3/t7-,8?/m0/s1. The lowest BCUT2D eigenvalue weighted by atomic mass is 9.86. The monoisotopic (exact) mass is 166 g/mol. The van der Waals surface area contributed by atoms with E-state index in [0.717, 1.165) is 18.4 Å². The molecule has 1 heterocycles. The summed E-state index contributed by atoms with van der Waals surface area (Å²) in [5.74, 6) is 0.953. The number of carbonyl (C=O) groups is 1. The predicted molar refractivity (Wildman–Crippen MR) is 45.5 cm³/mol. The number of esters is 1. The number of hydrogen-bond donors (Lipinski definition) is 0. The lowest BCUT2D eigenvalue weighted by Gasteiger charge is -2.27. The van der Waals surface area contributed by atoms with Crippen LogP contribution in [0.3, 0.4) is 0 Å². The van der Waals surface area contributed by atoms with Crippen molar-refractivity contribution in [3.05, 3.63) is 11.1 Å². The molecule has 66 valence electrons. The molecule has 1 aliphatic carbocycles. The molecule has 1 saturated heterocycles. The Morgan fingerprint density at radius 2 is 2.25 bits per heavy atom. The molecule has 2 nitrogen and oxygen atoms in total. The topological polar surface area (TPSA) is 26.3 Å². The summed E-state index contributed by atoms with van der Waals surface area (Å²) in [7, 11) is 0. The Morgan fingerprint density at radius 1 is 1.50 bits per heavy atom. The van der Waals surface area contributed by atoms with Crippen molar-refractivity contribution in [1.29, 1.82) is 0 Å². The number of ether oxygens (including phenoxy) is 1. The van der Waals surface area contributed by atoms with Crippen molar-refractivity contribution in [3.63, 3.8) is 0 Å². The molecule has 2 rings (SSSR count). The third kappa shape index (κ3) is 0.977. The van der Waals surface area contributed by atoms with Crippen LogP contribution in [0.15, 0.2) is 11.1 Å². The van der Waals surface area contributed by atoms with Gasteiger partial charge < -0.3 is 4.74 Å². The molecule has 2 heteroatoms. The maximum absolute atomic E-state index is 11.4. The molecule has 0 aromatic heterocycles. The van der Waals surface area contributed by atoms with E-state index in [-0.39, 0.29) is 5.97 Å². The first-order valence-electron chi connectivity index (χ1n) is 4.57. The van der Waals surface area contributed by atoms with E-state index >= 15 is 0 Å². The fraction of sp³-hybridized carbons (Fsp3) is 0.700. The summed E-state index contributed by atoms with van der Waals surface area (Å²) in [6, 6.07) is 0. The summed E-state index contributed by atoms with van der Waals surface area (Å²) in [5, 5.41) is 0. The van der Waals surface area contributed by atoms with E-state index in [4.69, 9.17) is 4.74 Å². The second kappa shape index (κ2) is 2.61. The van der Waals surface area contributed by atoms with Crippen LogP contribution < -0.4 is 0 Å². The highest BCUT2D eigenvalue weighted by atomic mass is 16.5. The van der Waals surface area contributed by atoms with Gasteiger partial charge in [-0.2, -0.15) is 0 Å². The summed E-state index contributed by atoms with van der Waals surface area (Å²) in [5.41, 5.74) is 2.23. The number of hydrogen-bond acceptors (Lipinski definition) is 2. The molecule has 0 amide bonds. The molecule has 0 saturated carbocycles. The van der Waals surface area contributed by atoms with Gasteiger partial charge in [-0.05, 0) is 31.6 Å². The molecule has 0 aromatic rings. The Morgan fingerprint density at radius 3 is 2.92 bits per heavy atom. The molecular formula is C10H14O2. The normalized spacial score (nSPS) is 35.0. The van der Waals surface area contributed by atoms with Gasteiger partial charge in [0.25, 0.3) is 0 Å². The second-order valence-electron chi connectivity index (χ2n) is 3.91. The quantitative estimate of drug-likeness (QED) is 0.514. The number of cyclic esters (lactones) is 1. The second-order valence-corrected chi connectivity index (χ2v) is 3.91. The summed E-state index contributed by atoms with van der Waals surface area (Å²) in [6.45, 7) is 4.82. The van der Waals surface area contributed by atoms with E-state index in [2.05, 4.69) is 13.8 Å². The van der Waals surface area contributed by atoms with E-state index < -0.39 is 0 Å². The van der Waals surface area contributed by atoms with E-state index in [0.29, 0.717) is 18.4 Å². The minimum absolute atomic E-state index is 0.0619. The summed E-state index contributed by atoms with van der Waals surface area (Å²) in [6.07, 6.45) is 2.23. The van der Waals surface area contributed by atoms with Crippen molar-refractivity contribution in [2.75, 3.05) is 6.61 Å². The lowest BCUT2D eigenvalue weighted by Crippen LogP contribution is -2.29. The van der Waals surface area contributed by atoms with Crippen molar-refractivity contribution in [2.45, 2.75) is 26.7 Å². The highest BCUT2D eigenvalue weighted by molar-refractivity contribution is 5.91. The number of fused-ring (bicyclic) bond motifs is 1. The Labute approximate surface area is 72.6 Å². The first-order valence-corrected chi connectivity index (χ1v) is 4.57. The molecule has 1 unspecified atom stereocenters. The van der Waals surface area contributed by atoms with Crippen molar-refractivity contribution in [1.82, 2.24) is 0 Å². The molecule has 0 bridgehead atoms. The van der Waals surface area contributed by atoms with Crippen LogP contribution in [-0.4, -0.2) is 12.6 Å². The van der Waals surface area contributed by atoms with Crippen molar-refractivity contribution < 1.29 is 9.53 Å². The zero-order valence-corrected chi connectivity index (χ0v) is 7.59. The highest BCUT2D eigenvalue weighted by Gasteiger charge is 2.37. The van der Waals surface area contributed by atoms with Gasteiger partial charge in [0, 0.05) is 5.57 Å². The maximum atomic E-state index is 11.4. The van der Waals surface area contributed by atoms with Gasteiger partial charge in [0.15, 0.2) is 0 Å². The molecule has 2 aliphatic rings. The summed E-state index contributed by atoms with van der Waals surface area (Å²) >= 11 is 0. The fourth-order valence-electron chi connectivity index (χ4n) is 2.26. The molecular weight excluding hydrogens is 152 g/mol. The molecule has 12 heavy (non-hydrogen) atoms. The molecule has 0 aromatic carbocycles. The minimum atomic E-state index is -0.0619. The molecule has 0 spiro atoms.